The highest BCUT2D eigenvalue weighted by Crippen LogP contribution is 2.49. The topological polar surface area (TPSA) is 36.9 Å². The Hall–Kier alpha value is -3.14. The monoisotopic (exact) mass is 347 g/mol. The molecule has 1 heterocycles. The Morgan fingerprint density at radius 3 is 1.88 bits per heavy atom. The van der Waals surface area contributed by atoms with Gasteiger partial charge in [-0.3, -0.25) is 0 Å². The van der Waals surface area contributed by atoms with E-state index in [0.29, 0.717) is 0 Å². The van der Waals surface area contributed by atoms with E-state index in [0.717, 1.165) is 50.8 Å². The maximum absolute atomic E-state index is 5.83. The van der Waals surface area contributed by atoms with Gasteiger partial charge in [-0.15, -0.1) is 0 Å². The average Bonchev–Trinajstić information content (AvgIpc) is 3.18. The molecule has 4 heteroatoms. The lowest BCUT2D eigenvalue weighted by Gasteiger charge is -2.15. The van der Waals surface area contributed by atoms with E-state index in [1.165, 1.54) is 0 Å². The third-order valence-electron chi connectivity index (χ3n) is 4.50. The zero-order valence-corrected chi connectivity index (χ0v) is 15.0. The first-order valence-corrected chi connectivity index (χ1v) is 8.35. The van der Waals surface area contributed by atoms with E-state index in [1.54, 1.807) is 14.2 Å². The van der Waals surface area contributed by atoms with Gasteiger partial charge in [0.05, 0.1) is 14.2 Å². The molecule has 0 N–H and O–H groups in total. The van der Waals surface area contributed by atoms with Crippen molar-refractivity contribution in [2.24, 2.45) is 0 Å². The standard InChI is InChI=1S/C22H19O4/c1-14-12-19(15-4-8-17(23-2)9-5-15)20(22-21(14)25-13-26-22)16-6-10-18(24-3)11-7-16/h4-11H,13H2,1-3H3. The maximum atomic E-state index is 5.83. The lowest BCUT2D eigenvalue weighted by molar-refractivity contribution is 0.174. The zero-order chi connectivity index (χ0) is 18.1. The van der Waals surface area contributed by atoms with Crippen LogP contribution in [-0.2, 0) is 0 Å². The average molecular weight is 347 g/mol. The van der Waals surface area contributed by atoms with Gasteiger partial charge < -0.3 is 18.9 Å². The molecule has 0 amide bonds. The molecule has 0 spiro atoms. The number of rotatable bonds is 4. The number of benzene rings is 3. The van der Waals surface area contributed by atoms with Gasteiger partial charge in [-0.1, -0.05) is 24.3 Å². The number of methoxy groups -OCH3 is 2. The summed E-state index contributed by atoms with van der Waals surface area (Å²) in [6.45, 7) is 2.21. The number of hydrogen-bond donors (Lipinski definition) is 0. The number of hydrogen-bond acceptors (Lipinski definition) is 4. The van der Waals surface area contributed by atoms with Crippen LogP contribution >= 0.6 is 0 Å². The fourth-order valence-electron chi connectivity index (χ4n) is 3.17. The Labute approximate surface area is 152 Å². The Morgan fingerprint density at radius 1 is 0.769 bits per heavy atom. The fourth-order valence-corrected chi connectivity index (χ4v) is 3.17. The SMILES string of the molecule is COc1ccc(-c2[c]c(C)c3c(c2-c2ccc(OC)cc2)OCO3)cc1. The third kappa shape index (κ3) is 2.73. The Morgan fingerprint density at radius 2 is 1.31 bits per heavy atom. The minimum atomic E-state index is 0.221. The molecule has 3 aromatic rings. The van der Waals surface area contributed by atoms with Gasteiger partial charge in [-0.05, 0) is 48.4 Å². The molecular formula is C22H19O4. The summed E-state index contributed by atoms with van der Waals surface area (Å²) >= 11 is 0. The Balaban J connectivity index is 1.93. The predicted molar refractivity (Wildman–Crippen MR) is 100 cm³/mol. The highest BCUT2D eigenvalue weighted by atomic mass is 16.7. The van der Waals surface area contributed by atoms with Crippen molar-refractivity contribution in [2.75, 3.05) is 21.0 Å². The van der Waals surface area contributed by atoms with Crippen molar-refractivity contribution in [1.82, 2.24) is 0 Å². The molecule has 0 unspecified atom stereocenters. The maximum Gasteiger partial charge on any atom is 0.231 e. The third-order valence-corrected chi connectivity index (χ3v) is 4.50. The van der Waals surface area contributed by atoms with E-state index in [2.05, 4.69) is 6.07 Å². The summed E-state index contributed by atoms with van der Waals surface area (Å²) in [5.74, 6) is 3.15. The van der Waals surface area contributed by atoms with Crippen LogP contribution < -0.4 is 18.9 Å². The molecule has 0 aliphatic carbocycles. The van der Waals surface area contributed by atoms with Crippen molar-refractivity contribution in [3.63, 3.8) is 0 Å². The zero-order valence-electron chi connectivity index (χ0n) is 15.0. The quantitative estimate of drug-likeness (QED) is 0.674. The molecule has 4 rings (SSSR count). The van der Waals surface area contributed by atoms with Crippen LogP contribution in [0.2, 0.25) is 0 Å². The molecule has 3 aromatic carbocycles. The van der Waals surface area contributed by atoms with E-state index < -0.39 is 0 Å². The molecule has 0 saturated heterocycles. The number of ether oxygens (including phenoxy) is 4. The highest BCUT2D eigenvalue weighted by molar-refractivity contribution is 5.90. The molecule has 26 heavy (non-hydrogen) atoms. The van der Waals surface area contributed by atoms with Crippen LogP contribution in [0, 0.1) is 13.0 Å². The Bertz CT molecular complexity index is 928. The van der Waals surface area contributed by atoms with E-state index in [4.69, 9.17) is 18.9 Å². The number of fused-ring (bicyclic) bond motifs is 1. The minimum Gasteiger partial charge on any atom is -0.497 e. The smallest absolute Gasteiger partial charge is 0.231 e. The molecule has 4 nitrogen and oxygen atoms in total. The van der Waals surface area contributed by atoms with Crippen molar-refractivity contribution in [3.8, 4) is 45.3 Å². The van der Waals surface area contributed by atoms with Crippen LogP contribution in [-0.4, -0.2) is 21.0 Å². The minimum absolute atomic E-state index is 0.221. The lowest BCUT2D eigenvalue weighted by atomic mass is 9.91. The van der Waals surface area contributed by atoms with Gasteiger partial charge in [-0.25, -0.2) is 0 Å². The first kappa shape index (κ1) is 16.3. The van der Waals surface area contributed by atoms with E-state index in [1.807, 2.05) is 55.5 Å². The molecule has 0 bridgehead atoms. The summed E-state index contributed by atoms with van der Waals surface area (Å²) in [7, 11) is 3.32. The van der Waals surface area contributed by atoms with Gasteiger partial charge >= 0.3 is 0 Å². The summed E-state index contributed by atoms with van der Waals surface area (Å²) in [6.07, 6.45) is 0. The summed E-state index contributed by atoms with van der Waals surface area (Å²) < 4.78 is 22.0. The van der Waals surface area contributed by atoms with Crippen LogP contribution in [0.15, 0.2) is 48.5 Å². The second-order valence-corrected chi connectivity index (χ2v) is 6.02. The van der Waals surface area contributed by atoms with Crippen molar-refractivity contribution >= 4 is 0 Å². The Kier molecular flexibility index (Phi) is 4.17. The van der Waals surface area contributed by atoms with E-state index in [-0.39, 0.29) is 6.79 Å². The summed E-state index contributed by atoms with van der Waals surface area (Å²) in [5, 5.41) is 0. The molecule has 131 valence electrons. The van der Waals surface area contributed by atoms with E-state index >= 15 is 0 Å². The summed E-state index contributed by atoms with van der Waals surface area (Å²) in [4.78, 5) is 0. The van der Waals surface area contributed by atoms with Gasteiger partial charge in [0.2, 0.25) is 6.79 Å². The molecule has 1 aliphatic heterocycles. The second kappa shape index (κ2) is 6.64. The van der Waals surface area contributed by atoms with Gasteiger partial charge in [0.25, 0.3) is 0 Å². The predicted octanol–water partition coefficient (Wildman–Crippen LogP) is 4.88. The largest absolute Gasteiger partial charge is 0.497 e. The number of aryl methyl sites for hydroxylation is 1. The summed E-state index contributed by atoms with van der Waals surface area (Å²) in [6, 6.07) is 19.3. The second-order valence-electron chi connectivity index (χ2n) is 6.02. The van der Waals surface area contributed by atoms with E-state index in [9.17, 15) is 0 Å². The lowest BCUT2D eigenvalue weighted by Crippen LogP contribution is -1.94. The molecule has 0 aromatic heterocycles. The fraction of sp³-hybridized carbons (Fsp3) is 0.182. The molecule has 0 fully saturated rings. The van der Waals surface area contributed by atoms with Crippen LogP contribution in [0.1, 0.15) is 5.56 Å². The van der Waals surface area contributed by atoms with Gasteiger partial charge in [0.15, 0.2) is 11.5 Å². The van der Waals surface area contributed by atoms with Crippen molar-refractivity contribution in [1.29, 1.82) is 0 Å². The van der Waals surface area contributed by atoms with Gasteiger partial charge in [-0.2, -0.15) is 0 Å². The van der Waals surface area contributed by atoms with Crippen LogP contribution in [0.3, 0.4) is 0 Å². The van der Waals surface area contributed by atoms with Gasteiger partial charge in [0, 0.05) is 16.7 Å². The first-order chi connectivity index (χ1) is 12.7. The molecular weight excluding hydrogens is 328 g/mol. The molecule has 1 radical (unpaired) electrons. The van der Waals surface area contributed by atoms with Crippen molar-refractivity contribution in [2.45, 2.75) is 6.92 Å². The highest BCUT2D eigenvalue weighted by Gasteiger charge is 2.25. The summed E-state index contributed by atoms with van der Waals surface area (Å²) in [5.41, 5.74) is 4.93. The van der Waals surface area contributed by atoms with Gasteiger partial charge in [0.1, 0.15) is 11.5 Å². The normalized spacial score (nSPS) is 12.1. The van der Waals surface area contributed by atoms with Crippen molar-refractivity contribution in [3.05, 3.63) is 60.2 Å². The van der Waals surface area contributed by atoms with Crippen LogP contribution in [0.25, 0.3) is 22.3 Å². The first-order valence-electron chi connectivity index (χ1n) is 8.35. The van der Waals surface area contributed by atoms with Crippen LogP contribution in [0.4, 0.5) is 0 Å². The molecule has 1 aliphatic rings. The molecule has 0 atom stereocenters. The molecule has 0 saturated carbocycles. The van der Waals surface area contributed by atoms with Crippen molar-refractivity contribution < 1.29 is 18.9 Å². The van der Waals surface area contributed by atoms with Crippen LogP contribution in [0.5, 0.6) is 23.0 Å².